The maximum atomic E-state index is 12.6. The van der Waals surface area contributed by atoms with Crippen molar-refractivity contribution < 1.29 is 9.53 Å². The minimum atomic E-state index is -0.283. The summed E-state index contributed by atoms with van der Waals surface area (Å²) < 4.78 is 5.76. The number of carbonyl (C=O) groups excluding carboxylic acids is 1. The second-order valence-electron chi connectivity index (χ2n) is 6.21. The topological polar surface area (TPSA) is 68.5 Å². The molecular formula is C16H27Cl2N3O2S. The Morgan fingerprint density at radius 2 is 2.21 bits per heavy atom. The number of aryl methyl sites for hydroxylation is 1. The number of nitrogens with zero attached hydrogens (tertiary/aromatic N) is 2. The molecule has 1 aromatic rings. The van der Waals surface area contributed by atoms with Crippen molar-refractivity contribution in [2.45, 2.75) is 57.2 Å². The summed E-state index contributed by atoms with van der Waals surface area (Å²) in [7, 11) is 0. The first-order valence-electron chi connectivity index (χ1n) is 8.29. The van der Waals surface area contributed by atoms with Gasteiger partial charge in [-0.1, -0.05) is 6.92 Å². The van der Waals surface area contributed by atoms with E-state index in [1.54, 1.807) is 11.3 Å². The number of piperidine rings is 1. The standard InChI is InChI=1S/C16H25N3O2S.2ClH/c1-2-12-10-22-15(18-12)11-4-3-7-19(9-11)16(20)14-6-5-13(8-17)21-14;;/h10-11,13-14H,2-9,17H2,1H3;2*1H/t11?,13-,14+;;/m1../s1. The lowest BCUT2D eigenvalue weighted by atomic mass is 9.98. The van der Waals surface area contributed by atoms with Gasteiger partial charge in [0.2, 0.25) is 0 Å². The van der Waals surface area contributed by atoms with Crippen LogP contribution in [0.2, 0.25) is 0 Å². The van der Waals surface area contributed by atoms with Gasteiger partial charge in [-0.15, -0.1) is 36.2 Å². The predicted molar refractivity (Wildman–Crippen MR) is 101 cm³/mol. The van der Waals surface area contributed by atoms with Gasteiger partial charge in [-0.2, -0.15) is 0 Å². The van der Waals surface area contributed by atoms with Crippen LogP contribution in [0, 0.1) is 0 Å². The molecule has 0 saturated carbocycles. The summed E-state index contributed by atoms with van der Waals surface area (Å²) in [5.41, 5.74) is 6.79. The van der Waals surface area contributed by atoms with Crippen molar-refractivity contribution in [1.29, 1.82) is 0 Å². The molecule has 1 unspecified atom stereocenters. The third kappa shape index (κ3) is 4.82. The molecule has 5 nitrogen and oxygen atoms in total. The third-order valence-electron chi connectivity index (χ3n) is 4.66. The number of rotatable bonds is 4. The quantitative estimate of drug-likeness (QED) is 0.850. The van der Waals surface area contributed by atoms with E-state index < -0.39 is 0 Å². The highest BCUT2D eigenvalue weighted by Crippen LogP contribution is 2.31. The van der Waals surface area contributed by atoms with Gasteiger partial charge in [-0.3, -0.25) is 4.79 Å². The van der Waals surface area contributed by atoms with E-state index in [9.17, 15) is 4.79 Å². The van der Waals surface area contributed by atoms with E-state index in [2.05, 4.69) is 12.3 Å². The van der Waals surface area contributed by atoms with Gasteiger partial charge in [0.25, 0.3) is 5.91 Å². The molecule has 8 heteroatoms. The van der Waals surface area contributed by atoms with Crippen molar-refractivity contribution in [2.24, 2.45) is 5.73 Å². The Balaban J connectivity index is 0.00000144. The molecule has 2 aliphatic heterocycles. The first kappa shape index (κ1) is 21.6. The van der Waals surface area contributed by atoms with E-state index >= 15 is 0 Å². The molecule has 1 amide bonds. The Morgan fingerprint density at radius 1 is 1.42 bits per heavy atom. The minimum absolute atomic E-state index is 0. The molecule has 0 bridgehead atoms. The molecule has 2 saturated heterocycles. The molecule has 0 aliphatic carbocycles. The van der Waals surface area contributed by atoms with Gasteiger partial charge in [0.05, 0.1) is 16.8 Å². The number of hydrogen-bond acceptors (Lipinski definition) is 5. The van der Waals surface area contributed by atoms with Crippen LogP contribution in [-0.2, 0) is 16.0 Å². The monoisotopic (exact) mass is 395 g/mol. The maximum Gasteiger partial charge on any atom is 0.251 e. The van der Waals surface area contributed by atoms with Gasteiger partial charge < -0.3 is 15.4 Å². The SMILES string of the molecule is CCc1csc(C2CCCN(C(=O)[C@@H]3CC[C@H](CN)O3)C2)n1.Cl.Cl. The summed E-state index contributed by atoms with van der Waals surface area (Å²) in [5.74, 6) is 0.530. The number of thiazole rings is 1. The van der Waals surface area contributed by atoms with Crippen molar-refractivity contribution in [3.05, 3.63) is 16.1 Å². The largest absolute Gasteiger partial charge is 0.364 e. The third-order valence-corrected chi connectivity index (χ3v) is 5.72. The van der Waals surface area contributed by atoms with Crippen molar-refractivity contribution in [3.63, 3.8) is 0 Å². The van der Waals surface area contributed by atoms with Crippen molar-refractivity contribution in [2.75, 3.05) is 19.6 Å². The molecular weight excluding hydrogens is 369 g/mol. The second-order valence-corrected chi connectivity index (χ2v) is 7.10. The Labute approximate surface area is 160 Å². The number of hydrogen-bond donors (Lipinski definition) is 1. The Kier molecular flexibility index (Phi) is 8.95. The lowest BCUT2D eigenvalue weighted by molar-refractivity contribution is -0.144. The van der Waals surface area contributed by atoms with Crippen molar-refractivity contribution >= 4 is 42.1 Å². The zero-order chi connectivity index (χ0) is 15.5. The van der Waals surface area contributed by atoms with Crippen LogP contribution in [0.25, 0.3) is 0 Å². The lowest BCUT2D eigenvalue weighted by Crippen LogP contribution is -2.44. The van der Waals surface area contributed by atoms with Gasteiger partial charge >= 0.3 is 0 Å². The molecule has 1 aromatic heterocycles. The van der Waals surface area contributed by atoms with Crippen LogP contribution >= 0.6 is 36.2 Å². The fraction of sp³-hybridized carbons (Fsp3) is 0.750. The fourth-order valence-corrected chi connectivity index (χ4v) is 4.35. The average molecular weight is 396 g/mol. The van der Waals surface area contributed by atoms with Crippen LogP contribution < -0.4 is 5.73 Å². The van der Waals surface area contributed by atoms with Crippen LogP contribution in [0.1, 0.15) is 49.2 Å². The van der Waals surface area contributed by atoms with E-state index in [1.807, 2.05) is 4.90 Å². The van der Waals surface area contributed by atoms with Gasteiger partial charge in [0, 0.05) is 30.9 Å². The lowest BCUT2D eigenvalue weighted by Gasteiger charge is -2.33. The van der Waals surface area contributed by atoms with Crippen molar-refractivity contribution in [1.82, 2.24) is 9.88 Å². The van der Waals surface area contributed by atoms with Gasteiger partial charge in [-0.05, 0) is 32.1 Å². The Bertz CT molecular complexity index is 529. The molecule has 24 heavy (non-hydrogen) atoms. The molecule has 2 aliphatic rings. The first-order valence-corrected chi connectivity index (χ1v) is 9.17. The number of nitrogens with two attached hydrogens (primary N) is 1. The van der Waals surface area contributed by atoms with E-state index in [0.29, 0.717) is 12.5 Å². The highest BCUT2D eigenvalue weighted by Gasteiger charge is 2.35. The molecule has 3 rings (SSSR count). The number of ether oxygens (including phenoxy) is 1. The van der Waals surface area contributed by atoms with E-state index in [4.69, 9.17) is 15.5 Å². The van der Waals surface area contributed by atoms with Crippen LogP contribution in [0.5, 0.6) is 0 Å². The summed E-state index contributed by atoms with van der Waals surface area (Å²) in [6.07, 6.45) is 4.62. The first-order chi connectivity index (χ1) is 10.7. The second kappa shape index (κ2) is 9.92. The molecule has 2 N–H and O–H groups in total. The van der Waals surface area contributed by atoms with Crippen molar-refractivity contribution in [3.8, 4) is 0 Å². The number of aromatic nitrogens is 1. The summed E-state index contributed by atoms with van der Waals surface area (Å²) >= 11 is 1.73. The number of amides is 1. The van der Waals surface area contributed by atoms with Crippen LogP contribution in [0.3, 0.4) is 0 Å². The van der Waals surface area contributed by atoms with Gasteiger partial charge in [-0.25, -0.2) is 4.98 Å². The number of likely N-dealkylation sites (tertiary alicyclic amines) is 1. The molecule has 2 fully saturated rings. The zero-order valence-corrected chi connectivity index (χ0v) is 16.4. The summed E-state index contributed by atoms with van der Waals surface area (Å²) in [4.78, 5) is 19.3. The smallest absolute Gasteiger partial charge is 0.251 e. The molecule has 3 heterocycles. The number of carbonyl (C=O) groups is 1. The summed E-state index contributed by atoms with van der Waals surface area (Å²) in [6, 6.07) is 0. The molecule has 3 atom stereocenters. The van der Waals surface area contributed by atoms with E-state index in [0.717, 1.165) is 50.9 Å². The highest BCUT2D eigenvalue weighted by atomic mass is 35.5. The summed E-state index contributed by atoms with van der Waals surface area (Å²) in [6.45, 7) is 4.25. The Hall–Kier alpha value is -0.400. The summed E-state index contributed by atoms with van der Waals surface area (Å²) in [5, 5.41) is 3.32. The Morgan fingerprint density at radius 3 is 2.83 bits per heavy atom. The molecule has 138 valence electrons. The normalized spacial score (nSPS) is 26.6. The zero-order valence-electron chi connectivity index (χ0n) is 14.0. The van der Waals surface area contributed by atoms with Crippen LogP contribution in [0.15, 0.2) is 5.38 Å². The molecule has 0 radical (unpaired) electrons. The average Bonchev–Trinajstić information content (AvgIpc) is 3.23. The van der Waals surface area contributed by atoms with Gasteiger partial charge in [0.15, 0.2) is 0 Å². The van der Waals surface area contributed by atoms with Crippen LogP contribution in [0.4, 0.5) is 0 Å². The highest BCUT2D eigenvalue weighted by molar-refractivity contribution is 7.09. The number of halogens is 2. The van der Waals surface area contributed by atoms with Crippen LogP contribution in [-0.4, -0.2) is 47.6 Å². The van der Waals surface area contributed by atoms with Gasteiger partial charge in [0.1, 0.15) is 6.10 Å². The minimum Gasteiger partial charge on any atom is -0.364 e. The molecule has 0 aromatic carbocycles. The predicted octanol–water partition coefficient (Wildman–Crippen LogP) is 2.76. The maximum absolute atomic E-state index is 12.6. The van der Waals surface area contributed by atoms with E-state index in [-0.39, 0.29) is 42.9 Å². The molecule has 0 spiro atoms. The van der Waals surface area contributed by atoms with E-state index in [1.165, 1.54) is 5.01 Å². The fourth-order valence-electron chi connectivity index (χ4n) is 3.32.